The molecule has 15 heavy (non-hydrogen) atoms. The summed E-state index contributed by atoms with van der Waals surface area (Å²) in [5, 5.41) is 0.801. The van der Waals surface area contributed by atoms with Crippen molar-refractivity contribution in [2.24, 2.45) is 5.41 Å². The van der Waals surface area contributed by atoms with Crippen LogP contribution in [0.5, 0.6) is 0 Å². The van der Waals surface area contributed by atoms with Crippen LogP contribution in [0, 0.1) is 5.41 Å². The van der Waals surface area contributed by atoms with Gasteiger partial charge in [-0.2, -0.15) is 0 Å². The molecule has 1 aliphatic rings. The molecule has 0 heterocycles. The van der Waals surface area contributed by atoms with Gasteiger partial charge in [0, 0.05) is 26.5 Å². The fourth-order valence-corrected chi connectivity index (χ4v) is 4.88. The maximum Gasteiger partial charge on any atom is 0.0676 e. The largest absolute Gasteiger partial charge is 0.122 e. The van der Waals surface area contributed by atoms with Gasteiger partial charge < -0.3 is 0 Å². The molecule has 1 rings (SSSR count). The van der Waals surface area contributed by atoms with Gasteiger partial charge in [-0.3, -0.25) is 0 Å². The van der Waals surface area contributed by atoms with Crippen molar-refractivity contribution >= 4 is 66.7 Å². The number of rotatable bonds is 2. The van der Waals surface area contributed by atoms with Gasteiger partial charge in [0.05, 0.1) is 4.87 Å². The minimum absolute atomic E-state index is 0.0581. The Morgan fingerprint density at radius 3 is 2.60 bits per heavy atom. The average molecular weight is 399 g/mol. The second-order valence-corrected chi connectivity index (χ2v) is 7.51. The maximum absolute atomic E-state index is 6.57. The number of hydrogen-bond donors (Lipinski definition) is 0. The van der Waals surface area contributed by atoms with E-state index < -0.39 is 0 Å². The first kappa shape index (κ1) is 14.6. The summed E-state index contributed by atoms with van der Waals surface area (Å²) in [7, 11) is 0. The normalized spacial score (nSPS) is 47.3. The SMILES string of the molecule is CC1(/C=C/Cl)CC(Cl)(CBr)C(Br)CC1Cl. The standard InChI is InChI=1S/C10H13Br2Cl3/c1-9(2-3-13)5-10(15,6-11)7(12)4-8(9)14/h2-3,7-8H,4-6H2,1H3/b3-2+. The Hall–Kier alpha value is 1.57. The third kappa shape index (κ3) is 3.07. The molecule has 0 aromatic carbocycles. The van der Waals surface area contributed by atoms with Crippen LogP contribution in [0.15, 0.2) is 11.6 Å². The second kappa shape index (κ2) is 5.48. The van der Waals surface area contributed by atoms with Gasteiger partial charge in [0.25, 0.3) is 0 Å². The Balaban J connectivity index is 2.94. The highest BCUT2D eigenvalue weighted by molar-refractivity contribution is 9.10. The number of allylic oxidation sites excluding steroid dienone is 1. The van der Waals surface area contributed by atoms with Crippen molar-refractivity contribution < 1.29 is 0 Å². The molecule has 88 valence electrons. The molecule has 0 saturated heterocycles. The van der Waals surface area contributed by atoms with E-state index in [0.29, 0.717) is 0 Å². The van der Waals surface area contributed by atoms with E-state index >= 15 is 0 Å². The molecule has 0 aliphatic heterocycles. The molecule has 0 nitrogen and oxygen atoms in total. The van der Waals surface area contributed by atoms with Gasteiger partial charge >= 0.3 is 0 Å². The molecule has 1 fully saturated rings. The molecule has 0 aromatic rings. The van der Waals surface area contributed by atoms with E-state index in [9.17, 15) is 0 Å². The number of hydrogen-bond acceptors (Lipinski definition) is 0. The van der Waals surface area contributed by atoms with Gasteiger partial charge in [0.1, 0.15) is 0 Å². The molecule has 0 spiro atoms. The summed E-state index contributed by atoms with van der Waals surface area (Å²) in [6, 6.07) is 0. The minimum Gasteiger partial charge on any atom is -0.122 e. The van der Waals surface area contributed by atoms with E-state index in [1.54, 1.807) is 0 Å². The molecule has 5 heteroatoms. The predicted octanol–water partition coefficient (Wildman–Crippen LogP) is 5.28. The minimum atomic E-state index is -0.295. The van der Waals surface area contributed by atoms with Crippen LogP contribution >= 0.6 is 66.7 Å². The third-order valence-corrected chi connectivity index (χ3v) is 7.20. The fraction of sp³-hybridized carbons (Fsp3) is 0.800. The van der Waals surface area contributed by atoms with Gasteiger partial charge in [-0.1, -0.05) is 56.5 Å². The molecule has 0 amide bonds. The smallest absolute Gasteiger partial charge is 0.0676 e. The first-order valence-electron chi connectivity index (χ1n) is 4.69. The third-order valence-electron chi connectivity index (χ3n) is 3.03. The van der Waals surface area contributed by atoms with Crippen molar-refractivity contribution in [2.45, 2.75) is 34.8 Å². The van der Waals surface area contributed by atoms with Crippen LogP contribution in [0.3, 0.4) is 0 Å². The summed E-state index contributed by atoms with van der Waals surface area (Å²) >= 11 is 25.7. The van der Waals surface area contributed by atoms with Crippen LogP contribution in [0.4, 0.5) is 0 Å². The van der Waals surface area contributed by atoms with Crippen LogP contribution in [0.25, 0.3) is 0 Å². The van der Waals surface area contributed by atoms with Crippen molar-refractivity contribution in [1.29, 1.82) is 0 Å². The molecule has 1 aliphatic carbocycles. The van der Waals surface area contributed by atoms with Crippen molar-refractivity contribution in [3.05, 3.63) is 11.6 Å². The molecule has 0 bridgehead atoms. The number of halogens is 5. The zero-order valence-corrected chi connectivity index (χ0v) is 13.8. The summed E-state index contributed by atoms with van der Waals surface area (Å²) in [4.78, 5) is -0.0679. The Kier molecular flexibility index (Phi) is 5.34. The van der Waals surface area contributed by atoms with Gasteiger partial charge in [-0.15, -0.1) is 23.2 Å². The van der Waals surface area contributed by atoms with E-state index in [-0.39, 0.29) is 20.5 Å². The van der Waals surface area contributed by atoms with Crippen molar-refractivity contribution in [3.8, 4) is 0 Å². The van der Waals surface area contributed by atoms with Gasteiger partial charge in [-0.25, -0.2) is 0 Å². The predicted molar refractivity (Wildman–Crippen MR) is 77.1 cm³/mol. The van der Waals surface area contributed by atoms with E-state index in [2.05, 4.69) is 38.8 Å². The summed E-state index contributed by atoms with van der Waals surface area (Å²) in [5.41, 5.74) is 1.40. The average Bonchev–Trinajstić information content (AvgIpc) is 2.15. The summed E-state index contributed by atoms with van der Waals surface area (Å²) in [5.74, 6) is 0. The van der Waals surface area contributed by atoms with Gasteiger partial charge in [-0.05, 0) is 12.8 Å². The first-order chi connectivity index (χ1) is 6.88. The highest BCUT2D eigenvalue weighted by Gasteiger charge is 2.49. The first-order valence-corrected chi connectivity index (χ1v) is 7.98. The highest BCUT2D eigenvalue weighted by atomic mass is 79.9. The Labute approximate surface area is 123 Å². The van der Waals surface area contributed by atoms with Crippen LogP contribution in [0.2, 0.25) is 0 Å². The monoisotopic (exact) mass is 396 g/mol. The van der Waals surface area contributed by atoms with Crippen LogP contribution in [-0.2, 0) is 0 Å². The Morgan fingerprint density at radius 2 is 2.13 bits per heavy atom. The van der Waals surface area contributed by atoms with Crippen molar-refractivity contribution in [1.82, 2.24) is 0 Å². The molecular weight excluding hydrogens is 386 g/mol. The molecule has 1 saturated carbocycles. The van der Waals surface area contributed by atoms with Crippen LogP contribution < -0.4 is 0 Å². The van der Waals surface area contributed by atoms with Crippen LogP contribution in [-0.4, -0.2) is 20.4 Å². The summed E-state index contributed by atoms with van der Waals surface area (Å²) < 4.78 is 0. The lowest BCUT2D eigenvalue weighted by Gasteiger charge is -2.46. The van der Waals surface area contributed by atoms with E-state index in [0.717, 1.165) is 18.2 Å². The molecule has 4 unspecified atom stereocenters. The Bertz CT molecular complexity index is 259. The van der Waals surface area contributed by atoms with Crippen molar-refractivity contribution in [3.63, 3.8) is 0 Å². The fourth-order valence-electron chi connectivity index (χ4n) is 1.96. The molecule has 0 radical (unpaired) electrons. The molecular formula is C10H13Br2Cl3. The van der Waals surface area contributed by atoms with Crippen molar-refractivity contribution in [2.75, 3.05) is 5.33 Å². The molecule has 0 N–H and O–H groups in total. The topological polar surface area (TPSA) is 0 Å². The van der Waals surface area contributed by atoms with E-state index in [1.807, 2.05) is 6.08 Å². The second-order valence-electron chi connectivity index (χ2n) is 4.31. The maximum atomic E-state index is 6.57. The van der Waals surface area contributed by atoms with E-state index in [4.69, 9.17) is 34.8 Å². The summed E-state index contributed by atoms with van der Waals surface area (Å²) in [6.07, 6.45) is 3.60. The van der Waals surface area contributed by atoms with Crippen LogP contribution in [0.1, 0.15) is 19.8 Å². The van der Waals surface area contributed by atoms with Gasteiger partial charge in [0.2, 0.25) is 0 Å². The lowest BCUT2D eigenvalue weighted by Crippen LogP contribution is -2.49. The van der Waals surface area contributed by atoms with E-state index in [1.165, 1.54) is 5.54 Å². The zero-order chi connectivity index (χ0) is 11.7. The molecule has 0 aromatic heterocycles. The van der Waals surface area contributed by atoms with Gasteiger partial charge in [0.15, 0.2) is 0 Å². The number of alkyl halides is 4. The Morgan fingerprint density at radius 1 is 1.53 bits per heavy atom. The zero-order valence-electron chi connectivity index (χ0n) is 8.32. The lowest BCUT2D eigenvalue weighted by molar-refractivity contribution is 0.261. The quantitative estimate of drug-likeness (QED) is 0.554. The lowest BCUT2D eigenvalue weighted by atomic mass is 9.70. The molecule has 4 atom stereocenters. The highest BCUT2D eigenvalue weighted by Crippen LogP contribution is 2.51. The summed E-state index contributed by atoms with van der Waals surface area (Å²) in [6.45, 7) is 2.10.